The molecule has 0 aliphatic carbocycles. The lowest BCUT2D eigenvalue weighted by Gasteiger charge is -2.14. The molecule has 0 radical (unpaired) electrons. The van der Waals surface area contributed by atoms with Gasteiger partial charge in [-0.15, -0.1) is 0 Å². The molecule has 0 bridgehead atoms. The maximum Gasteiger partial charge on any atom is 0.0594 e. The van der Waals surface area contributed by atoms with E-state index in [1.54, 1.807) is 7.11 Å². The molecule has 0 amide bonds. The average Bonchev–Trinajstić information content (AvgIpc) is 1.71. The van der Waals surface area contributed by atoms with E-state index in [1.807, 2.05) is 20.8 Å². The summed E-state index contributed by atoms with van der Waals surface area (Å²) in [6.45, 7) is 6.06. The van der Waals surface area contributed by atoms with Crippen LogP contribution in [0.3, 0.4) is 0 Å². The highest BCUT2D eigenvalue weighted by Gasteiger charge is 2.03. The van der Waals surface area contributed by atoms with E-state index >= 15 is 0 Å². The number of rotatable bonds is 0. The number of hydrogen-bond donors (Lipinski definition) is 0. The Morgan fingerprint density at radius 3 is 1.25 bits per heavy atom. The highest BCUT2D eigenvalue weighted by Crippen LogP contribution is 2.02. The predicted octanol–water partition coefficient (Wildman–Crippen LogP) is 3.20. The number of hydrogen-bond acceptors (Lipinski definition) is 1. The fourth-order valence-corrected chi connectivity index (χ4v) is 0. The van der Waals surface area contributed by atoms with E-state index in [0.29, 0.717) is 0 Å². The average molecular weight is 342 g/mol. The van der Waals surface area contributed by atoms with Gasteiger partial charge in [-0.05, 0) is 20.8 Å². The van der Waals surface area contributed by atoms with Gasteiger partial charge < -0.3 is 4.74 Å². The Balaban J connectivity index is 0. The molecular formula is C5H12I2O. The molecule has 0 N–H and O–H groups in total. The maximum atomic E-state index is 4.94. The van der Waals surface area contributed by atoms with Gasteiger partial charge in [-0.2, -0.15) is 0 Å². The lowest BCUT2D eigenvalue weighted by molar-refractivity contribution is 0.0397. The highest BCUT2D eigenvalue weighted by atomic mass is 128. The molecule has 0 spiro atoms. The number of methoxy groups -OCH3 is 1. The molecule has 0 unspecified atom stereocenters. The van der Waals surface area contributed by atoms with Gasteiger partial charge in [0.15, 0.2) is 0 Å². The van der Waals surface area contributed by atoms with Crippen LogP contribution >= 0.6 is 37.2 Å². The van der Waals surface area contributed by atoms with E-state index in [4.69, 9.17) is 4.74 Å². The summed E-state index contributed by atoms with van der Waals surface area (Å²) in [5, 5.41) is 0. The van der Waals surface area contributed by atoms with Gasteiger partial charge in [0, 0.05) is 44.3 Å². The van der Waals surface area contributed by atoms with Gasteiger partial charge in [-0.25, -0.2) is 0 Å². The van der Waals surface area contributed by atoms with Gasteiger partial charge in [0.1, 0.15) is 0 Å². The molecule has 0 aromatic heterocycles. The Hall–Kier alpha value is 1.42. The summed E-state index contributed by atoms with van der Waals surface area (Å²) in [5.74, 6) is 0. The van der Waals surface area contributed by atoms with E-state index in [2.05, 4.69) is 37.2 Å². The summed E-state index contributed by atoms with van der Waals surface area (Å²) in [7, 11) is 1.71. The van der Waals surface area contributed by atoms with Crippen molar-refractivity contribution in [1.29, 1.82) is 0 Å². The minimum Gasteiger partial charge on any atom is -0.379 e. The fraction of sp³-hybridized carbons (Fsp3) is 1.00. The number of ether oxygens (including phenoxy) is 1. The van der Waals surface area contributed by atoms with Crippen LogP contribution < -0.4 is 0 Å². The van der Waals surface area contributed by atoms with E-state index in [-0.39, 0.29) is 5.60 Å². The molecular weight excluding hydrogens is 330 g/mol. The zero-order valence-corrected chi connectivity index (χ0v) is 9.98. The van der Waals surface area contributed by atoms with Crippen LogP contribution in [0.1, 0.15) is 20.8 Å². The Kier molecular flexibility index (Phi) is 9.91. The van der Waals surface area contributed by atoms with Crippen LogP contribution in [0.15, 0.2) is 0 Å². The van der Waals surface area contributed by atoms with Crippen molar-refractivity contribution in [1.82, 2.24) is 0 Å². The van der Waals surface area contributed by atoms with Crippen LogP contribution in [0.2, 0.25) is 0 Å². The first-order valence-electron chi connectivity index (χ1n) is 2.26. The maximum absolute atomic E-state index is 4.94. The monoisotopic (exact) mass is 342 g/mol. The Bertz CT molecular complexity index is 40.2. The summed E-state index contributed by atoms with van der Waals surface area (Å²) in [4.78, 5) is 0. The van der Waals surface area contributed by atoms with Gasteiger partial charge in [0.2, 0.25) is 0 Å². The van der Waals surface area contributed by atoms with Crippen molar-refractivity contribution in [3.8, 4) is 0 Å². The Labute approximate surface area is 74.9 Å². The third kappa shape index (κ3) is 15.7. The Morgan fingerprint density at radius 2 is 1.25 bits per heavy atom. The molecule has 0 fully saturated rings. The summed E-state index contributed by atoms with van der Waals surface area (Å²) >= 11 is 4.24. The quantitative estimate of drug-likeness (QED) is 0.615. The zero-order chi connectivity index (χ0) is 7.21. The highest BCUT2D eigenvalue weighted by molar-refractivity contribution is 15.0. The van der Waals surface area contributed by atoms with Crippen LogP contribution in [0.4, 0.5) is 0 Å². The van der Waals surface area contributed by atoms with E-state index in [9.17, 15) is 0 Å². The SMILES string of the molecule is COC(C)(C)C.II. The van der Waals surface area contributed by atoms with Gasteiger partial charge in [0.25, 0.3) is 0 Å². The molecule has 0 aromatic rings. The van der Waals surface area contributed by atoms with Crippen molar-refractivity contribution in [2.45, 2.75) is 26.4 Å². The van der Waals surface area contributed by atoms with Crippen molar-refractivity contribution in [3.63, 3.8) is 0 Å². The van der Waals surface area contributed by atoms with Crippen molar-refractivity contribution in [3.05, 3.63) is 0 Å². The molecule has 0 saturated heterocycles. The van der Waals surface area contributed by atoms with Gasteiger partial charge in [0.05, 0.1) is 5.60 Å². The largest absolute Gasteiger partial charge is 0.379 e. The third-order valence-corrected chi connectivity index (χ3v) is 0.612. The normalized spacial score (nSPS) is 9.75. The lowest BCUT2D eigenvalue weighted by Crippen LogP contribution is -2.15. The van der Waals surface area contributed by atoms with Crippen LogP contribution in [0, 0.1) is 0 Å². The first kappa shape index (κ1) is 12.1. The van der Waals surface area contributed by atoms with Gasteiger partial charge in [-0.3, -0.25) is 0 Å². The summed E-state index contributed by atoms with van der Waals surface area (Å²) in [6, 6.07) is 0. The van der Waals surface area contributed by atoms with Crippen molar-refractivity contribution in [2.75, 3.05) is 7.11 Å². The van der Waals surface area contributed by atoms with Crippen molar-refractivity contribution < 1.29 is 4.74 Å². The smallest absolute Gasteiger partial charge is 0.0594 e. The molecule has 0 saturated carbocycles. The van der Waals surface area contributed by atoms with Crippen LogP contribution in [0.5, 0.6) is 0 Å². The molecule has 0 rings (SSSR count). The summed E-state index contributed by atoms with van der Waals surface area (Å²) < 4.78 is 4.94. The predicted molar refractivity (Wildman–Crippen MR) is 54.8 cm³/mol. The first-order valence-corrected chi connectivity index (χ1v) is 8.54. The van der Waals surface area contributed by atoms with Crippen molar-refractivity contribution in [2.24, 2.45) is 0 Å². The lowest BCUT2D eigenvalue weighted by atomic mass is 10.2. The third-order valence-electron chi connectivity index (χ3n) is 0.612. The minimum atomic E-state index is 0.0417. The molecule has 8 heavy (non-hydrogen) atoms. The zero-order valence-electron chi connectivity index (χ0n) is 5.66. The van der Waals surface area contributed by atoms with E-state index in [1.165, 1.54) is 0 Å². The van der Waals surface area contributed by atoms with Crippen molar-refractivity contribution >= 4 is 37.2 Å². The van der Waals surface area contributed by atoms with Crippen LogP contribution in [0.25, 0.3) is 0 Å². The molecule has 0 aliphatic rings. The second kappa shape index (κ2) is 6.54. The van der Waals surface area contributed by atoms with Crippen LogP contribution in [-0.2, 0) is 4.74 Å². The van der Waals surface area contributed by atoms with Crippen LogP contribution in [-0.4, -0.2) is 12.7 Å². The standard InChI is InChI=1S/C5H12O.I2/c1-5(2,3)6-4;1-2/h1-4H3;. The van der Waals surface area contributed by atoms with E-state index in [0.717, 1.165) is 0 Å². The molecule has 1 nitrogen and oxygen atoms in total. The molecule has 0 atom stereocenters. The van der Waals surface area contributed by atoms with Gasteiger partial charge >= 0.3 is 0 Å². The molecule has 3 heteroatoms. The topological polar surface area (TPSA) is 9.23 Å². The summed E-state index contributed by atoms with van der Waals surface area (Å²) in [6.07, 6.45) is 0. The fourth-order valence-electron chi connectivity index (χ4n) is 0. The summed E-state index contributed by atoms with van der Waals surface area (Å²) in [5.41, 5.74) is 0.0417. The minimum absolute atomic E-state index is 0.0417. The Morgan fingerprint density at radius 1 is 1.12 bits per heavy atom. The molecule has 52 valence electrons. The second-order valence-electron chi connectivity index (χ2n) is 2.32. The molecule has 0 aromatic carbocycles. The van der Waals surface area contributed by atoms with Gasteiger partial charge in [-0.1, -0.05) is 0 Å². The number of halogens is 2. The second-order valence-corrected chi connectivity index (χ2v) is 2.32. The van der Waals surface area contributed by atoms with E-state index < -0.39 is 0 Å². The first-order chi connectivity index (χ1) is 3.56. The molecule has 0 heterocycles. The molecule has 0 aliphatic heterocycles.